The molecule has 13 heavy (non-hydrogen) atoms. The SMILES string of the molecule is CCN1CC(CCO)NC(C)(C)C1. The fourth-order valence-corrected chi connectivity index (χ4v) is 2.14. The second-order valence-corrected chi connectivity index (χ2v) is 4.57. The summed E-state index contributed by atoms with van der Waals surface area (Å²) < 4.78 is 0. The summed E-state index contributed by atoms with van der Waals surface area (Å²) in [6.07, 6.45) is 0.861. The van der Waals surface area contributed by atoms with Crippen molar-refractivity contribution in [3.63, 3.8) is 0 Å². The van der Waals surface area contributed by atoms with Crippen LogP contribution in [0.4, 0.5) is 0 Å². The van der Waals surface area contributed by atoms with Crippen molar-refractivity contribution in [1.82, 2.24) is 10.2 Å². The highest BCUT2D eigenvalue weighted by atomic mass is 16.3. The third-order valence-corrected chi connectivity index (χ3v) is 2.62. The fraction of sp³-hybridized carbons (Fsp3) is 1.00. The molecule has 1 aliphatic rings. The highest BCUT2D eigenvalue weighted by molar-refractivity contribution is 4.91. The van der Waals surface area contributed by atoms with Crippen molar-refractivity contribution >= 4 is 0 Å². The highest BCUT2D eigenvalue weighted by Crippen LogP contribution is 2.14. The van der Waals surface area contributed by atoms with E-state index in [-0.39, 0.29) is 12.1 Å². The zero-order valence-electron chi connectivity index (χ0n) is 9.01. The van der Waals surface area contributed by atoms with E-state index in [0.717, 1.165) is 26.1 Å². The minimum Gasteiger partial charge on any atom is -0.396 e. The van der Waals surface area contributed by atoms with Crippen LogP contribution in [0.25, 0.3) is 0 Å². The summed E-state index contributed by atoms with van der Waals surface area (Å²) in [4.78, 5) is 2.44. The third kappa shape index (κ3) is 3.25. The van der Waals surface area contributed by atoms with Gasteiger partial charge >= 0.3 is 0 Å². The quantitative estimate of drug-likeness (QED) is 0.671. The molecule has 0 aromatic rings. The Labute approximate surface area is 81.1 Å². The molecule has 1 rings (SSSR count). The van der Waals surface area contributed by atoms with E-state index < -0.39 is 0 Å². The van der Waals surface area contributed by atoms with E-state index >= 15 is 0 Å². The Morgan fingerprint density at radius 1 is 1.54 bits per heavy atom. The van der Waals surface area contributed by atoms with Crippen LogP contribution >= 0.6 is 0 Å². The van der Waals surface area contributed by atoms with Gasteiger partial charge in [-0.2, -0.15) is 0 Å². The van der Waals surface area contributed by atoms with E-state index in [2.05, 4.69) is 31.0 Å². The predicted octanol–water partition coefficient (Wildman–Crippen LogP) is 0.441. The lowest BCUT2D eigenvalue weighted by atomic mass is 9.97. The maximum absolute atomic E-state index is 8.89. The summed E-state index contributed by atoms with van der Waals surface area (Å²) in [5, 5.41) is 12.4. The van der Waals surface area contributed by atoms with Crippen molar-refractivity contribution in [2.24, 2.45) is 0 Å². The molecule has 1 fully saturated rings. The van der Waals surface area contributed by atoms with Gasteiger partial charge in [-0.1, -0.05) is 6.92 Å². The second-order valence-electron chi connectivity index (χ2n) is 4.57. The third-order valence-electron chi connectivity index (χ3n) is 2.62. The molecule has 1 saturated heterocycles. The highest BCUT2D eigenvalue weighted by Gasteiger charge is 2.30. The number of aliphatic hydroxyl groups is 1. The lowest BCUT2D eigenvalue weighted by molar-refractivity contribution is 0.108. The minimum absolute atomic E-state index is 0.189. The van der Waals surface area contributed by atoms with Crippen LogP contribution in [0.15, 0.2) is 0 Å². The molecule has 3 heteroatoms. The average molecular weight is 186 g/mol. The molecule has 0 amide bonds. The summed E-state index contributed by atoms with van der Waals surface area (Å²) in [6, 6.07) is 0.452. The fourth-order valence-electron chi connectivity index (χ4n) is 2.14. The van der Waals surface area contributed by atoms with Gasteiger partial charge in [0.2, 0.25) is 0 Å². The Balaban J connectivity index is 2.49. The molecule has 3 nitrogen and oxygen atoms in total. The standard InChI is InChI=1S/C10H22N2O/c1-4-12-7-9(5-6-13)11-10(2,3)8-12/h9,11,13H,4-8H2,1-3H3. The molecule has 0 aromatic carbocycles. The van der Waals surface area contributed by atoms with Crippen LogP contribution in [0.1, 0.15) is 27.2 Å². The number of hydrogen-bond acceptors (Lipinski definition) is 3. The van der Waals surface area contributed by atoms with Crippen LogP contribution in [-0.2, 0) is 0 Å². The van der Waals surface area contributed by atoms with E-state index in [1.165, 1.54) is 0 Å². The van der Waals surface area contributed by atoms with Crippen molar-refractivity contribution in [3.8, 4) is 0 Å². The summed E-state index contributed by atoms with van der Waals surface area (Å²) >= 11 is 0. The predicted molar refractivity (Wildman–Crippen MR) is 54.8 cm³/mol. The maximum atomic E-state index is 8.89. The molecule has 1 heterocycles. The van der Waals surface area contributed by atoms with Gasteiger partial charge in [0.05, 0.1) is 0 Å². The van der Waals surface area contributed by atoms with E-state index in [4.69, 9.17) is 5.11 Å². The van der Waals surface area contributed by atoms with Gasteiger partial charge in [0.1, 0.15) is 0 Å². The Kier molecular flexibility index (Phi) is 3.71. The largest absolute Gasteiger partial charge is 0.396 e. The molecule has 2 N–H and O–H groups in total. The first-order valence-electron chi connectivity index (χ1n) is 5.18. The van der Waals surface area contributed by atoms with Gasteiger partial charge < -0.3 is 15.3 Å². The lowest BCUT2D eigenvalue weighted by Gasteiger charge is -2.43. The van der Waals surface area contributed by atoms with Gasteiger partial charge in [0.25, 0.3) is 0 Å². The van der Waals surface area contributed by atoms with Crippen LogP contribution in [-0.4, -0.2) is 47.8 Å². The molecule has 0 bridgehead atoms. The van der Waals surface area contributed by atoms with E-state index in [0.29, 0.717) is 6.04 Å². The van der Waals surface area contributed by atoms with Crippen molar-refractivity contribution in [2.75, 3.05) is 26.2 Å². The molecule has 1 atom stereocenters. The summed E-state index contributed by atoms with van der Waals surface area (Å²) in [5.41, 5.74) is 0.189. The Morgan fingerprint density at radius 2 is 2.23 bits per heavy atom. The lowest BCUT2D eigenvalue weighted by Crippen LogP contribution is -2.61. The molecule has 0 spiro atoms. The molecular weight excluding hydrogens is 164 g/mol. The Hall–Kier alpha value is -0.120. The molecule has 1 aliphatic heterocycles. The first kappa shape index (κ1) is 11.0. The summed E-state index contributed by atoms with van der Waals surface area (Å²) in [7, 11) is 0. The van der Waals surface area contributed by atoms with Gasteiger partial charge in [-0.05, 0) is 26.8 Å². The number of hydrogen-bond donors (Lipinski definition) is 2. The van der Waals surface area contributed by atoms with E-state index in [1.54, 1.807) is 0 Å². The monoisotopic (exact) mass is 186 g/mol. The first-order chi connectivity index (χ1) is 6.07. The summed E-state index contributed by atoms with van der Waals surface area (Å²) in [6.45, 7) is 10.2. The average Bonchev–Trinajstić information content (AvgIpc) is 2.02. The van der Waals surface area contributed by atoms with Gasteiger partial charge in [-0.25, -0.2) is 0 Å². The zero-order valence-corrected chi connectivity index (χ0v) is 9.01. The maximum Gasteiger partial charge on any atom is 0.0446 e. The molecule has 1 unspecified atom stereocenters. The number of piperazine rings is 1. The summed E-state index contributed by atoms with van der Waals surface area (Å²) in [5.74, 6) is 0. The van der Waals surface area contributed by atoms with Gasteiger partial charge in [0.15, 0.2) is 0 Å². The van der Waals surface area contributed by atoms with Crippen LogP contribution < -0.4 is 5.32 Å². The topological polar surface area (TPSA) is 35.5 Å². The van der Waals surface area contributed by atoms with Crippen molar-refractivity contribution < 1.29 is 5.11 Å². The Morgan fingerprint density at radius 3 is 2.77 bits per heavy atom. The number of nitrogens with zero attached hydrogens (tertiary/aromatic N) is 1. The smallest absolute Gasteiger partial charge is 0.0446 e. The second kappa shape index (κ2) is 4.40. The van der Waals surface area contributed by atoms with Crippen LogP contribution in [0.3, 0.4) is 0 Å². The van der Waals surface area contributed by atoms with Gasteiger partial charge in [0, 0.05) is 31.3 Å². The van der Waals surface area contributed by atoms with Crippen LogP contribution in [0.2, 0.25) is 0 Å². The van der Waals surface area contributed by atoms with Crippen molar-refractivity contribution in [1.29, 1.82) is 0 Å². The number of likely N-dealkylation sites (N-methyl/N-ethyl adjacent to an activating group) is 1. The minimum atomic E-state index is 0.189. The van der Waals surface area contributed by atoms with E-state index in [1.807, 2.05) is 0 Å². The Bertz CT molecular complexity index is 159. The van der Waals surface area contributed by atoms with Gasteiger partial charge in [-0.3, -0.25) is 0 Å². The number of aliphatic hydroxyl groups excluding tert-OH is 1. The first-order valence-corrected chi connectivity index (χ1v) is 5.18. The number of nitrogens with one attached hydrogen (secondary N) is 1. The van der Waals surface area contributed by atoms with Crippen molar-refractivity contribution in [2.45, 2.75) is 38.8 Å². The molecule has 0 aliphatic carbocycles. The van der Waals surface area contributed by atoms with Crippen LogP contribution in [0.5, 0.6) is 0 Å². The van der Waals surface area contributed by atoms with Gasteiger partial charge in [-0.15, -0.1) is 0 Å². The molecular formula is C10H22N2O. The molecule has 0 aromatic heterocycles. The number of rotatable bonds is 3. The van der Waals surface area contributed by atoms with E-state index in [9.17, 15) is 0 Å². The normalized spacial score (nSPS) is 29.1. The molecule has 0 saturated carbocycles. The zero-order chi connectivity index (χ0) is 9.90. The molecule has 78 valence electrons. The molecule has 0 radical (unpaired) electrons. The van der Waals surface area contributed by atoms with Crippen LogP contribution in [0, 0.1) is 0 Å². The van der Waals surface area contributed by atoms with Crippen molar-refractivity contribution in [3.05, 3.63) is 0 Å².